The number of aromatic amines is 2. The van der Waals surface area contributed by atoms with Crippen molar-refractivity contribution < 1.29 is 19.0 Å². The number of nitrogens with zero attached hydrogens (tertiary/aromatic N) is 3. The Bertz CT molecular complexity index is 1250. The maximum absolute atomic E-state index is 12.9. The number of carbonyl (C=O) groups is 1. The monoisotopic (exact) mass is 436 g/mol. The molecule has 0 spiro atoms. The van der Waals surface area contributed by atoms with Gasteiger partial charge in [0.1, 0.15) is 17.1 Å². The molecule has 0 radical (unpaired) electrons. The van der Waals surface area contributed by atoms with Crippen molar-refractivity contribution in [3.05, 3.63) is 47.0 Å². The summed E-state index contributed by atoms with van der Waals surface area (Å²) >= 11 is 0. The van der Waals surface area contributed by atoms with Gasteiger partial charge in [0.2, 0.25) is 0 Å². The number of anilines is 1. The van der Waals surface area contributed by atoms with Gasteiger partial charge in [-0.3, -0.25) is 9.89 Å². The number of H-pyrrole nitrogens is 2. The van der Waals surface area contributed by atoms with E-state index < -0.39 is 5.91 Å². The number of methoxy groups -OCH3 is 2. The number of hydrogen-bond acceptors (Lipinski definition) is 8. The van der Waals surface area contributed by atoms with E-state index >= 15 is 0 Å². The van der Waals surface area contributed by atoms with E-state index in [4.69, 9.17) is 14.2 Å². The SMILES string of the molecule is CCOc1cc(N=O)ccc1C(=O)Nc1cn[nH]c1-c1nc2cc(OC)c(OC)cc2[nH]1. The molecule has 2 aromatic heterocycles. The minimum absolute atomic E-state index is 0.169. The number of imidazole rings is 1. The Balaban J connectivity index is 1.66. The van der Waals surface area contributed by atoms with Crippen LogP contribution in [0.25, 0.3) is 22.6 Å². The first-order chi connectivity index (χ1) is 15.6. The van der Waals surface area contributed by atoms with Gasteiger partial charge in [0, 0.05) is 18.2 Å². The molecule has 0 saturated heterocycles. The van der Waals surface area contributed by atoms with E-state index in [1.807, 2.05) is 0 Å². The first-order valence-electron chi connectivity index (χ1n) is 9.65. The minimum atomic E-state index is -0.437. The van der Waals surface area contributed by atoms with Crippen molar-refractivity contribution in [1.82, 2.24) is 20.2 Å². The van der Waals surface area contributed by atoms with Gasteiger partial charge in [-0.1, -0.05) is 0 Å². The van der Waals surface area contributed by atoms with E-state index in [0.717, 1.165) is 5.52 Å². The third-order valence-electron chi connectivity index (χ3n) is 4.73. The van der Waals surface area contributed by atoms with Gasteiger partial charge < -0.3 is 24.5 Å². The molecule has 2 heterocycles. The lowest BCUT2D eigenvalue weighted by molar-refractivity contribution is 0.102. The molecule has 0 fully saturated rings. The van der Waals surface area contributed by atoms with Crippen LogP contribution in [0.4, 0.5) is 11.4 Å². The van der Waals surface area contributed by atoms with Crippen LogP contribution >= 0.6 is 0 Å². The fourth-order valence-corrected chi connectivity index (χ4v) is 3.24. The lowest BCUT2D eigenvalue weighted by Gasteiger charge is -2.10. The Hall–Kier alpha value is -4.41. The van der Waals surface area contributed by atoms with Gasteiger partial charge in [0.05, 0.1) is 49.3 Å². The molecule has 11 heteroatoms. The number of benzene rings is 2. The molecule has 0 unspecified atom stereocenters. The molecule has 0 aliphatic heterocycles. The van der Waals surface area contributed by atoms with Crippen molar-refractivity contribution in [2.75, 3.05) is 26.1 Å². The van der Waals surface area contributed by atoms with E-state index in [1.165, 1.54) is 24.4 Å². The van der Waals surface area contributed by atoms with Crippen LogP contribution in [-0.2, 0) is 0 Å². The highest BCUT2D eigenvalue weighted by Crippen LogP contribution is 2.34. The zero-order valence-corrected chi connectivity index (χ0v) is 17.6. The second-order valence-corrected chi connectivity index (χ2v) is 6.63. The zero-order chi connectivity index (χ0) is 22.7. The molecule has 0 atom stereocenters. The Morgan fingerprint density at radius 3 is 2.62 bits per heavy atom. The summed E-state index contributed by atoms with van der Waals surface area (Å²) in [6.45, 7) is 2.11. The number of rotatable bonds is 8. The van der Waals surface area contributed by atoms with Gasteiger partial charge in [-0.15, -0.1) is 4.91 Å². The number of fused-ring (bicyclic) bond motifs is 1. The van der Waals surface area contributed by atoms with E-state index in [1.54, 1.807) is 33.3 Å². The van der Waals surface area contributed by atoms with Crippen molar-refractivity contribution in [1.29, 1.82) is 0 Å². The number of aromatic nitrogens is 4. The van der Waals surface area contributed by atoms with Crippen LogP contribution < -0.4 is 19.5 Å². The first kappa shape index (κ1) is 20.8. The Kier molecular flexibility index (Phi) is 5.71. The van der Waals surface area contributed by atoms with E-state index in [2.05, 4.69) is 30.7 Å². The van der Waals surface area contributed by atoms with Gasteiger partial charge >= 0.3 is 0 Å². The molecule has 0 bridgehead atoms. The summed E-state index contributed by atoms with van der Waals surface area (Å²) in [5.41, 5.74) is 2.69. The van der Waals surface area contributed by atoms with Gasteiger partial charge in [-0.05, 0) is 24.2 Å². The summed E-state index contributed by atoms with van der Waals surface area (Å²) in [4.78, 5) is 31.5. The summed E-state index contributed by atoms with van der Waals surface area (Å²) in [5, 5.41) is 12.6. The van der Waals surface area contributed by atoms with Gasteiger partial charge in [0.25, 0.3) is 5.91 Å². The van der Waals surface area contributed by atoms with Crippen LogP contribution in [0, 0.1) is 4.91 Å². The van der Waals surface area contributed by atoms with Crippen LogP contribution in [0.2, 0.25) is 0 Å². The molecule has 4 rings (SSSR count). The Morgan fingerprint density at radius 2 is 1.91 bits per heavy atom. The fraction of sp³-hybridized carbons (Fsp3) is 0.190. The predicted molar refractivity (Wildman–Crippen MR) is 118 cm³/mol. The molecular weight excluding hydrogens is 416 g/mol. The number of nitrogens with one attached hydrogen (secondary N) is 3. The second kappa shape index (κ2) is 8.76. The summed E-state index contributed by atoms with van der Waals surface area (Å²) in [5.74, 6) is 1.40. The van der Waals surface area contributed by atoms with Crippen LogP contribution in [-0.4, -0.2) is 46.9 Å². The molecule has 164 valence electrons. The summed E-state index contributed by atoms with van der Waals surface area (Å²) in [7, 11) is 3.10. The highest BCUT2D eigenvalue weighted by atomic mass is 16.5. The molecule has 2 aromatic carbocycles. The molecule has 1 amide bonds. The predicted octanol–water partition coefficient (Wildman–Crippen LogP) is 4.02. The normalized spacial score (nSPS) is 10.7. The largest absolute Gasteiger partial charge is 0.493 e. The molecule has 32 heavy (non-hydrogen) atoms. The Labute approximate surface area is 182 Å². The van der Waals surface area contributed by atoms with Crippen LogP contribution in [0.3, 0.4) is 0 Å². The number of hydrogen-bond donors (Lipinski definition) is 3. The number of amides is 1. The van der Waals surface area contributed by atoms with Crippen molar-refractivity contribution in [2.45, 2.75) is 6.92 Å². The summed E-state index contributed by atoms with van der Waals surface area (Å²) in [6, 6.07) is 7.87. The average Bonchev–Trinajstić information content (AvgIpc) is 3.44. The zero-order valence-electron chi connectivity index (χ0n) is 17.6. The molecule has 11 nitrogen and oxygen atoms in total. The maximum atomic E-state index is 12.9. The topological polar surface area (TPSA) is 144 Å². The van der Waals surface area contributed by atoms with E-state index in [9.17, 15) is 9.70 Å². The highest BCUT2D eigenvalue weighted by Gasteiger charge is 2.19. The first-order valence-corrected chi connectivity index (χ1v) is 9.65. The van der Waals surface area contributed by atoms with Crippen molar-refractivity contribution in [3.63, 3.8) is 0 Å². The molecule has 4 aromatic rings. The molecule has 0 saturated carbocycles. The summed E-state index contributed by atoms with van der Waals surface area (Å²) in [6.07, 6.45) is 1.48. The number of ether oxygens (including phenoxy) is 3. The van der Waals surface area contributed by atoms with Crippen LogP contribution in [0.1, 0.15) is 17.3 Å². The van der Waals surface area contributed by atoms with Crippen molar-refractivity contribution >= 4 is 28.3 Å². The highest BCUT2D eigenvalue weighted by molar-refractivity contribution is 6.07. The molecule has 3 N–H and O–H groups in total. The lowest BCUT2D eigenvalue weighted by Crippen LogP contribution is -2.14. The third-order valence-corrected chi connectivity index (χ3v) is 4.73. The summed E-state index contributed by atoms with van der Waals surface area (Å²) < 4.78 is 16.1. The standard InChI is InChI=1S/C21H20N6O5/c1-4-32-16-7-11(27-29)5-6-12(16)21(28)25-15-10-22-26-19(15)20-23-13-8-17(30-2)18(31-3)9-14(13)24-20/h5-10H,4H2,1-3H3,(H,22,26)(H,23,24)(H,25,28). The van der Waals surface area contributed by atoms with Gasteiger partial charge in [-0.25, -0.2) is 4.98 Å². The van der Waals surface area contributed by atoms with E-state index in [0.29, 0.717) is 40.8 Å². The quantitative estimate of drug-likeness (QED) is 0.354. The average molecular weight is 436 g/mol. The lowest BCUT2D eigenvalue weighted by atomic mass is 10.1. The third kappa shape index (κ3) is 3.83. The second-order valence-electron chi connectivity index (χ2n) is 6.63. The number of carbonyl (C=O) groups excluding carboxylic acids is 1. The molecular formula is C21H20N6O5. The van der Waals surface area contributed by atoms with Crippen molar-refractivity contribution in [2.24, 2.45) is 5.18 Å². The van der Waals surface area contributed by atoms with E-state index in [-0.39, 0.29) is 17.0 Å². The van der Waals surface area contributed by atoms with Crippen LogP contribution in [0.5, 0.6) is 17.2 Å². The van der Waals surface area contributed by atoms with Crippen LogP contribution in [0.15, 0.2) is 41.7 Å². The maximum Gasteiger partial charge on any atom is 0.259 e. The van der Waals surface area contributed by atoms with Gasteiger partial charge in [0.15, 0.2) is 17.3 Å². The Morgan fingerprint density at radius 1 is 1.12 bits per heavy atom. The minimum Gasteiger partial charge on any atom is -0.493 e. The molecule has 0 aliphatic rings. The fourth-order valence-electron chi connectivity index (χ4n) is 3.24. The molecule has 0 aliphatic carbocycles. The van der Waals surface area contributed by atoms with Gasteiger partial charge in [-0.2, -0.15) is 5.10 Å². The number of nitroso groups, excluding NO2 is 1. The smallest absolute Gasteiger partial charge is 0.259 e. The van der Waals surface area contributed by atoms with Crippen molar-refractivity contribution in [3.8, 4) is 28.8 Å².